The van der Waals surface area contributed by atoms with Gasteiger partial charge in [-0.2, -0.15) is 0 Å². The highest BCUT2D eigenvalue weighted by Gasteiger charge is 2.03. The molecule has 0 spiro atoms. The molecule has 0 aliphatic carbocycles. The van der Waals surface area contributed by atoms with Gasteiger partial charge in [-0.25, -0.2) is 9.37 Å². The Balaban J connectivity index is 2.07. The van der Waals surface area contributed by atoms with Crippen molar-refractivity contribution in [3.8, 4) is 0 Å². The zero-order valence-electron chi connectivity index (χ0n) is 8.86. The number of nitrogen functional groups attached to an aromatic ring is 1. The van der Waals surface area contributed by atoms with Crippen LogP contribution in [-0.4, -0.2) is 4.98 Å². The average molecular weight is 269 g/mol. The van der Waals surface area contributed by atoms with E-state index in [1.54, 1.807) is 12.1 Å². The van der Waals surface area contributed by atoms with Gasteiger partial charge in [0, 0.05) is 16.3 Å². The molecule has 0 radical (unpaired) electrons. The molecule has 0 amide bonds. The molecule has 1 aromatic carbocycles. The Morgan fingerprint density at radius 2 is 2.12 bits per heavy atom. The largest absolute Gasteiger partial charge is 0.398 e. The van der Waals surface area contributed by atoms with Gasteiger partial charge in [-0.05, 0) is 30.3 Å². The molecule has 1 heterocycles. The van der Waals surface area contributed by atoms with Crippen LogP contribution in [0.5, 0.6) is 0 Å². The molecule has 0 aliphatic heterocycles. The lowest BCUT2D eigenvalue weighted by atomic mass is 10.3. The van der Waals surface area contributed by atoms with Crippen LogP contribution in [-0.2, 0) is 5.75 Å². The van der Waals surface area contributed by atoms with Gasteiger partial charge in [0.25, 0.3) is 0 Å². The topological polar surface area (TPSA) is 38.9 Å². The van der Waals surface area contributed by atoms with Gasteiger partial charge in [-0.1, -0.05) is 17.7 Å². The number of benzene rings is 1. The molecule has 0 bridgehead atoms. The fraction of sp³-hybridized carbons (Fsp3) is 0.0833. The van der Waals surface area contributed by atoms with E-state index in [-0.39, 0.29) is 5.82 Å². The van der Waals surface area contributed by atoms with Gasteiger partial charge < -0.3 is 5.73 Å². The zero-order valence-corrected chi connectivity index (χ0v) is 10.4. The number of anilines is 1. The van der Waals surface area contributed by atoms with Crippen LogP contribution in [0.4, 0.5) is 10.1 Å². The minimum Gasteiger partial charge on any atom is -0.398 e. The van der Waals surface area contributed by atoms with Crippen molar-refractivity contribution in [2.24, 2.45) is 0 Å². The molecule has 0 saturated carbocycles. The van der Waals surface area contributed by atoms with Gasteiger partial charge in [0.2, 0.25) is 0 Å². The Bertz CT molecular complexity index is 534. The van der Waals surface area contributed by atoms with E-state index in [4.69, 9.17) is 17.3 Å². The lowest BCUT2D eigenvalue weighted by Crippen LogP contribution is -1.91. The minimum absolute atomic E-state index is 0.326. The Morgan fingerprint density at radius 1 is 1.29 bits per heavy atom. The zero-order chi connectivity index (χ0) is 12.3. The Hall–Kier alpha value is -1.26. The maximum absolute atomic E-state index is 12.8. The number of aromatic nitrogens is 1. The third kappa shape index (κ3) is 3.35. The summed E-state index contributed by atoms with van der Waals surface area (Å²) in [5.74, 6) is 0.323. The number of rotatable bonds is 3. The molecule has 2 nitrogen and oxygen atoms in total. The smallest absolute Gasteiger partial charge is 0.129 e. The van der Waals surface area contributed by atoms with Crippen LogP contribution < -0.4 is 5.73 Å². The lowest BCUT2D eigenvalue weighted by molar-refractivity contribution is 0.627. The summed E-state index contributed by atoms with van der Waals surface area (Å²) in [4.78, 5) is 5.01. The van der Waals surface area contributed by atoms with E-state index in [0.29, 0.717) is 16.6 Å². The third-order valence-corrected chi connectivity index (χ3v) is 3.45. The maximum Gasteiger partial charge on any atom is 0.129 e. The summed E-state index contributed by atoms with van der Waals surface area (Å²) in [7, 11) is 0. The Morgan fingerprint density at radius 3 is 2.82 bits per heavy atom. The molecule has 2 N–H and O–H groups in total. The predicted octanol–water partition coefficient (Wildman–Crippen LogP) is 3.75. The summed E-state index contributed by atoms with van der Waals surface area (Å²) in [6, 6.07) is 9.83. The van der Waals surface area contributed by atoms with Crippen molar-refractivity contribution in [2.45, 2.75) is 10.6 Å². The SMILES string of the molecule is Nc1cc(F)ccc1SCc1cccc(Cl)n1. The molecule has 88 valence electrons. The molecule has 0 unspecified atom stereocenters. The summed E-state index contributed by atoms with van der Waals surface area (Å²) in [6.07, 6.45) is 0. The standard InChI is InChI=1S/C12H10ClFN2S/c13-12-3-1-2-9(16-12)7-17-11-5-4-8(14)6-10(11)15/h1-6H,7,15H2. The molecular weight excluding hydrogens is 259 g/mol. The van der Waals surface area contributed by atoms with E-state index in [2.05, 4.69) is 4.98 Å². The van der Waals surface area contributed by atoms with Crippen LogP contribution in [0.25, 0.3) is 0 Å². The lowest BCUT2D eigenvalue weighted by Gasteiger charge is -2.05. The van der Waals surface area contributed by atoms with Crippen LogP contribution in [0.1, 0.15) is 5.69 Å². The first kappa shape index (κ1) is 12.2. The normalized spacial score (nSPS) is 10.5. The number of pyridine rings is 1. The number of nitrogens with two attached hydrogens (primary N) is 1. The van der Waals surface area contributed by atoms with Gasteiger partial charge in [0.05, 0.1) is 5.69 Å². The molecule has 0 saturated heterocycles. The van der Waals surface area contributed by atoms with Gasteiger partial charge >= 0.3 is 0 Å². The van der Waals surface area contributed by atoms with Crippen molar-refractivity contribution in [3.63, 3.8) is 0 Å². The molecular formula is C12H10ClFN2S. The van der Waals surface area contributed by atoms with Crippen molar-refractivity contribution >= 4 is 29.1 Å². The minimum atomic E-state index is -0.326. The van der Waals surface area contributed by atoms with Crippen LogP contribution >= 0.6 is 23.4 Å². The number of halogens is 2. The summed E-state index contributed by atoms with van der Waals surface area (Å²) in [6.45, 7) is 0. The molecule has 2 aromatic rings. The van der Waals surface area contributed by atoms with E-state index in [1.165, 1.54) is 23.9 Å². The van der Waals surface area contributed by atoms with Crippen LogP contribution in [0.15, 0.2) is 41.3 Å². The van der Waals surface area contributed by atoms with Gasteiger partial charge in [-0.3, -0.25) is 0 Å². The first-order chi connectivity index (χ1) is 8.15. The highest BCUT2D eigenvalue weighted by Crippen LogP contribution is 2.28. The second kappa shape index (κ2) is 5.38. The van der Waals surface area contributed by atoms with Crippen molar-refractivity contribution in [1.29, 1.82) is 0 Å². The van der Waals surface area contributed by atoms with Gasteiger partial charge in [0.1, 0.15) is 11.0 Å². The molecule has 0 fully saturated rings. The van der Waals surface area contributed by atoms with E-state index in [1.807, 2.05) is 12.1 Å². The Labute approximate surface area is 108 Å². The third-order valence-electron chi connectivity index (χ3n) is 2.12. The van der Waals surface area contributed by atoms with E-state index >= 15 is 0 Å². The second-order valence-electron chi connectivity index (χ2n) is 3.42. The van der Waals surface area contributed by atoms with Crippen LogP contribution in [0, 0.1) is 5.82 Å². The van der Waals surface area contributed by atoms with Crippen molar-refractivity contribution in [3.05, 3.63) is 53.1 Å². The van der Waals surface area contributed by atoms with Crippen molar-refractivity contribution in [2.75, 3.05) is 5.73 Å². The molecule has 1 aromatic heterocycles. The van der Waals surface area contributed by atoms with E-state index < -0.39 is 0 Å². The molecule has 2 rings (SSSR count). The fourth-order valence-corrected chi connectivity index (χ4v) is 2.37. The quantitative estimate of drug-likeness (QED) is 0.523. The van der Waals surface area contributed by atoms with E-state index in [0.717, 1.165) is 10.6 Å². The number of thioether (sulfide) groups is 1. The molecule has 0 aliphatic rings. The summed E-state index contributed by atoms with van der Waals surface area (Å²) in [5.41, 5.74) is 7.02. The first-order valence-electron chi connectivity index (χ1n) is 4.94. The summed E-state index contributed by atoms with van der Waals surface area (Å²) >= 11 is 7.29. The first-order valence-corrected chi connectivity index (χ1v) is 6.31. The number of hydrogen-bond acceptors (Lipinski definition) is 3. The summed E-state index contributed by atoms with van der Waals surface area (Å²) in [5, 5.41) is 0.468. The Kier molecular flexibility index (Phi) is 3.86. The number of nitrogens with zero attached hydrogens (tertiary/aromatic N) is 1. The predicted molar refractivity (Wildman–Crippen MR) is 69.6 cm³/mol. The highest BCUT2D eigenvalue weighted by atomic mass is 35.5. The van der Waals surface area contributed by atoms with Crippen LogP contribution in [0.2, 0.25) is 5.15 Å². The number of hydrogen-bond donors (Lipinski definition) is 1. The molecule has 0 atom stereocenters. The van der Waals surface area contributed by atoms with Crippen molar-refractivity contribution in [1.82, 2.24) is 4.98 Å². The van der Waals surface area contributed by atoms with E-state index in [9.17, 15) is 4.39 Å². The maximum atomic E-state index is 12.8. The monoisotopic (exact) mass is 268 g/mol. The average Bonchev–Trinajstić information content (AvgIpc) is 2.28. The summed E-state index contributed by atoms with van der Waals surface area (Å²) < 4.78 is 12.8. The fourth-order valence-electron chi connectivity index (χ4n) is 1.33. The molecule has 17 heavy (non-hydrogen) atoms. The second-order valence-corrected chi connectivity index (χ2v) is 4.83. The van der Waals surface area contributed by atoms with Gasteiger partial charge in [-0.15, -0.1) is 11.8 Å². The molecule has 5 heteroatoms. The van der Waals surface area contributed by atoms with Crippen molar-refractivity contribution < 1.29 is 4.39 Å². The highest BCUT2D eigenvalue weighted by molar-refractivity contribution is 7.98. The van der Waals surface area contributed by atoms with Crippen LogP contribution in [0.3, 0.4) is 0 Å². The van der Waals surface area contributed by atoms with Gasteiger partial charge in [0.15, 0.2) is 0 Å².